The van der Waals surface area contributed by atoms with Crippen LogP contribution in [0.2, 0.25) is 0 Å². The summed E-state index contributed by atoms with van der Waals surface area (Å²) >= 11 is 0. The molecule has 2 aliphatic rings. The number of nitrogens with one attached hydrogen (secondary N) is 1. The van der Waals surface area contributed by atoms with E-state index >= 15 is 0 Å². The fraction of sp³-hybridized carbons (Fsp3) is 0.353. The molecule has 1 fully saturated rings. The molecule has 0 aromatic carbocycles. The van der Waals surface area contributed by atoms with Gasteiger partial charge in [0.05, 0.1) is 23.9 Å². The molecule has 23 heavy (non-hydrogen) atoms. The first-order valence-electron chi connectivity index (χ1n) is 7.89. The molecule has 1 aliphatic heterocycles. The third kappa shape index (κ3) is 2.77. The predicted molar refractivity (Wildman–Crippen MR) is 92.6 cm³/mol. The molecule has 118 valence electrons. The maximum absolute atomic E-state index is 9.69. The number of aliphatic hydroxyl groups is 1. The van der Waals surface area contributed by atoms with Gasteiger partial charge in [-0.2, -0.15) is 0 Å². The number of nitrogens with two attached hydrogens (primary N) is 1. The van der Waals surface area contributed by atoms with Gasteiger partial charge in [0.2, 0.25) is 0 Å². The average molecular weight is 309 g/mol. The number of aromatic nitrogens is 2. The van der Waals surface area contributed by atoms with Crippen LogP contribution in [-0.4, -0.2) is 40.0 Å². The standard InChI is InChI=1S/C17H19N5O/c18-16-7-15(21-12-1-2-13(23)6-12)17-14(22-16)5-11(9-20-17)10-3-4-19-8-10/h3-5,7,9,12-13,23H,1-2,6,8H2,(H3,18,21,22)/t12-,13-/m0/s1. The predicted octanol–water partition coefficient (Wildman–Crippen LogP) is 2.01. The van der Waals surface area contributed by atoms with Crippen molar-refractivity contribution in [1.82, 2.24) is 9.97 Å². The molecule has 0 amide bonds. The van der Waals surface area contributed by atoms with Crippen LogP contribution >= 0.6 is 0 Å². The van der Waals surface area contributed by atoms with Crippen LogP contribution in [0.5, 0.6) is 0 Å². The zero-order chi connectivity index (χ0) is 15.8. The molecule has 0 unspecified atom stereocenters. The molecular formula is C17H19N5O. The van der Waals surface area contributed by atoms with E-state index in [9.17, 15) is 5.11 Å². The summed E-state index contributed by atoms with van der Waals surface area (Å²) in [6.07, 6.45) is 7.99. The number of fused-ring (bicyclic) bond motifs is 1. The van der Waals surface area contributed by atoms with Crippen LogP contribution < -0.4 is 11.1 Å². The van der Waals surface area contributed by atoms with E-state index in [-0.39, 0.29) is 12.1 Å². The number of pyridine rings is 2. The Morgan fingerprint density at radius 1 is 1.26 bits per heavy atom. The zero-order valence-electron chi connectivity index (χ0n) is 12.7. The van der Waals surface area contributed by atoms with Crippen molar-refractivity contribution in [2.75, 3.05) is 17.6 Å². The molecule has 2 aromatic heterocycles. The molecule has 6 heteroatoms. The van der Waals surface area contributed by atoms with Crippen LogP contribution in [0.1, 0.15) is 24.8 Å². The van der Waals surface area contributed by atoms with E-state index in [1.165, 1.54) is 0 Å². The number of nitrogens with zero attached hydrogens (tertiary/aromatic N) is 3. The van der Waals surface area contributed by atoms with E-state index in [1.54, 1.807) is 0 Å². The summed E-state index contributed by atoms with van der Waals surface area (Å²) in [7, 11) is 0. The molecule has 0 saturated heterocycles. The quantitative estimate of drug-likeness (QED) is 0.806. The highest BCUT2D eigenvalue weighted by Crippen LogP contribution is 2.29. The Labute approximate surface area is 134 Å². The van der Waals surface area contributed by atoms with Gasteiger partial charge in [-0.15, -0.1) is 0 Å². The molecule has 4 N–H and O–H groups in total. The number of hydrogen-bond donors (Lipinski definition) is 3. The minimum absolute atomic E-state index is 0.216. The van der Waals surface area contributed by atoms with Gasteiger partial charge in [0.1, 0.15) is 11.3 Å². The molecule has 4 rings (SSSR count). The maximum atomic E-state index is 9.69. The second-order valence-corrected chi connectivity index (χ2v) is 6.18. The highest BCUT2D eigenvalue weighted by Gasteiger charge is 2.23. The lowest BCUT2D eigenvalue weighted by molar-refractivity contribution is 0.182. The molecule has 0 spiro atoms. The Balaban J connectivity index is 1.70. The Hall–Kier alpha value is -2.47. The van der Waals surface area contributed by atoms with E-state index in [0.29, 0.717) is 12.4 Å². The van der Waals surface area contributed by atoms with E-state index in [1.807, 2.05) is 30.6 Å². The second kappa shape index (κ2) is 5.62. The van der Waals surface area contributed by atoms with Crippen LogP contribution in [0.4, 0.5) is 11.5 Å². The number of hydrogen-bond acceptors (Lipinski definition) is 6. The Bertz CT molecular complexity index is 814. The van der Waals surface area contributed by atoms with Crippen LogP contribution in [0.15, 0.2) is 29.4 Å². The van der Waals surface area contributed by atoms with Gasteiger partial charge < -0.3 is 16.2 Å². The molecule has 1 aliphatic carbocycles. The first-order valence-corrected chi connectivity index (χ1v) is 7.89. The van der Waals surface area contributed by atoms with Crippen LogP contribution in [-0.2, 0) is 0 Å². The first kappa shape index (κ1) is 14.1. The lowest BCUT2D eigenvalue weighted by Crippen LogP contribution is -2.17. The molecular weight excluding hydrogens is 290 g/mol. The van der Waals surface area contributed by atoms with Crippen molar-refractivity contribution >= 4 is 34.3 Å². The van der Waals surface area contributed by atoms with Crippen molar-refractivity contribution in [3.05, 3.63) is 30.0 Å². The van der Waals surface area contributed by atoms with Crippen LogP contribution in [0.3, 0.4) is 0 Å². The summed E-state index contributed by atoms with van der Waals surface area (Å²) in [5, 5.41) is 13.2. The monoisotopic (exact) mass is 309 g/mol. The summed E-state index contributed by atoms with van der Waals surface area (Å²) in [6, 6.07) is 4.08. The van der Waals surface area contributed by atoms with Gasteiger partial charge in [0.25, 0.3) is 0 Å². The van der Waals surface area contributed by atoms with Gasteiger partial charge >= 0.3 is 0 Å². The molecule has 2 aromatic rings. The van der Waals surface area contributed by atoms with Crippen molar-refractivity contribution in [3.63, 3.8) is 0 Å². The third-order valence-corrected chi connectivity index (χ3v) is 4.44. The summed E-state index contributed by atoms with van der Waals surface area (Å²) in [5.41, 5.74) is 10.6. The molecule has 6 nitrogen and oxygen atoms in total. The van der Waals surface area contributed by atoms with Crippen molar-refractivity contribution in [3.8, 4) is 0 Å². The second-order valence-electron chi connectivity index (χ2n) is 6.18. The van der Waals surface area contributed by atoms with Crippen molar-refractivity contribution in [1.29, 1.82) is 0 Å². The van der Waals surface area contributed by atoms with Crippen LogP contribution in [0, 0.1) is 0 Å². The number of allylic oxidation sites excluding steroid dienone is 1. The molecule has 3 heterocycles. The maximum Gasteiger partial charge on any atom is 0.126 e. The molecule has 1 saturated carbocycles. The summed E-state index contributed by atoms with van der Waals surface area (Å²) < 4.78 is 0. The number of nitrogen functional groups attached to an aromatic ring is 1. The minimum atomic E-state index is -0.216. The molecule has 2 atom stereocenters. The van der Waals surface area contributed by atoms with E-state index in [2.05, 4.69) is 20.3 Å². The lowest BCUT2D eigenvalue weighted by Gasteiger charge is -2.16. The summed E-state index contributed by atoms with van der Waals surface area (Å²) in [5.74, 6) is 0.467. The Morgan fingerprint density at radius 2 is 2.17 bits per heavy atom. The van der Waals surface area contributed by atoms with E-state index in [4.69, 9.17) is 5.73 Å². The topological polar surface area (TPSA) is 96.4 Å². The van der Waals surface area contributed by atoms with Crippen molar-refractivity contribution in [2.24, 2.45) is 4.99 Å². The highest BCUT2D eigenvalue weighted by atomic mass is 16.3. The van der Waals surface area contributed by atoms with Crippen molar-refractivity contribution < 1.29 is 5.11 Å². The lowest BCUT2D eigenvalue weighted by atomic mass is 10.1. The number of aliphatic imine (C=N–C) groups is 1. The van der Waals surface area contributed by atoms with Gasteiger partial charge in [-0.25, -0.2) is 4.98 Å². The van der Waals surface area contributed by atoms with Gasteiger partial charge in [-0.3, -0.25) is 9.98 Å². The number of rotatable bonds is 3. The van der Waals surface area contributed by atoms with E-state index in [0.717, 1.165) is 47.1 Å². The smallest absolute Gasteiger partial charge is 0.126 e. The highest BCUT2D eigenvalue weighted by molar-refractivity contribution is 5.94. The zero-order valence-corrected chi connectivity index (χ0v) is 12.7. The largest absolute Gasteiger partial charge is 0.393 e. The molecule has 0 radical (unpaired) electrons. The minimum Gasteiger partial charge on any atom is -0.393 e. The fourth-order valence-corrected chi connectivity index (χ4v) is 3.26. The summed E-state index contributed by atoms with van der Waals surface area (Å²) in [6.45, 7) is 0.681. The number of aliphatic hydroxyl groups excluding tert-OH is 1. The normalized spacial score (nSPS) is 23.4. The third-order valence-electron chi connectivity index (χ3n) is 4.44. The Kier molecular flexibility index (Phi) is 3.46. The summed E-state index contributed by atoms with van der Waals surface area (Å²) in [4.78, 5) is 13.2. The average Bonchev–Trinajstić information content (AvgIpc) is 3.18. The first-order chi connectivity index (χ1) is 11.2. The van der Waals surface area contributed by atoms with Gasteiger partial charge in [-0.05, 0) is 37.0 Å². The number of anilines is 2. The van der Waals surface area contributed by atoms with Gasteiger partial charge in [-0.1, -0.05) is 0 Å². The van der Waals surface area contributed by atoms with Crippen molar-refractivity contribution in [2.45, 2.75) is 31.4 Å². The SMILES string of the molecule is Nc1cc(N[C@H]2CC[C@H](O)C2)c2ncc(C3=CC=NC3)cc2n1. The molecule has 0 bridgehead atoms. The van der Waals surface area contributed by atoms with Gasteiger partial charge in [0, 0.05) is 30.1 Å². The van der Waals surface area contributed by atoms with Gasteiger partial charge in [0.15, 0.2) is 0 Å². The van der Waals surface area contributed by atoms with Crippen LogP contribution in [0.25, 0.3) is 16.6 Å². The fourth-order valence-electron chi connectivity index (χ4n) is 3.26. The van der Waals surface area contributed by atoms with E-state index < -0.39 is 0 Å². The Morgan fingerprint density at radius 3 is 2.91 bits per heavy atom.